The van der Waals surface area contributed by atoms with E-state index in [0.29, 0.717) is 10.8 Å². The van der Waals surface area contributed by atoms with Crippen molar-refractivity contribution in [3.05, 3.63) is 17.0 Å². The molecular weight excluding hydrogens is 280 g/mol. The molecule has 0 saturated heterocycles. The van der Waals surface area contributed by atoms with Crippen molar-refractivity contribution in [1.82, 2.24) is 10.0 Å². The van der Waals surface area contributed by atoms with Gasteiger partial charge < -0.3 is 5.32 Å². The van der Waals surface area contributed by atoms with Gasteiger partial charge in [-0.2, -0.15) is 0 Å². The summed E-state index contributed by atoms with van der Waals surface area (Å²) in [5, 5.41) is 3.03. The van der Waals surface area contributed by atoms with Gasteiger partial charge in [-0.05, 0) is 38.9 Å². The molecule has 0 radical (unpaired) electrons. The molecule has 0 atom stereocenters. The van der Waals surface area contributed by atoms with E-state index in [0.717, 1.165) is 30.6 Å². The van der Waals surface area contributed by atoms with E-state index in [4.69, 9.17) is 0 Å². The molecule has 1 aliphatic rings. The SMILES string of the molecule is CNCc1ccc(S(=O)(=O)NC2(C)CCCCC2)s1. The van der Waals surface area contributed by atoms with E-state index in [2.05, 4.69) is 10.0 Å². The Balaban J connectivity index is 2.12. The van der Waals surface area contributed by atoms with Crippen LogP contribution in [0.4, 0.5) is 0 Å². The number of nitrogens with one attached hydrogen (secondary N) is 2. The van der Waals surface area contributed by atoms with Crippen LogP contribution >= 0.6 is 11.3 Å². The smallest absolute Gasteiger partial charge is 0.250 e. The Morgan fingerprint density at radius 2 is 1.95 bits per heavy atom. The summed E-state index contributed by atoms with van der Waals surface area (Å²) < 4.78 is 28.1. The minimum Gasteiger partial charge on any atom is -0.315 e. The quantitative estimate of drug-likeness (QED) is 0.878. The minimum atomic E-state index is -3.38. The summed E-state index contributed by atoms with van der Waals surface area (Å²) in [7, 11) is -1.52. The van der Waals surface area contributed by atoms with E-state index in [-0.39, 0.29) is 5.54 Å². The predicted octanol–water partition coefficient (Wildman–Crippen LogP) is 2.47. The summed E-state index contributed by atoms with van der Waals surface area (Å²) in [6, 6.07) is 3.57. The summed E-state index contributed by atoms with van der Waals surface area (Å²) >= 11 is 1.34. The van der Waals surface area contributed by atoms with Gasteiger partial charge in [0.1, 0.15) is 4.21 Å². The van der Waals surface area contributed by atoms with E-state index in [1.165, 1.54) is 17.8 Å². The maximum absolute atomic E-state index is 12.4. The van der Waals surface area contributed by atoms with Gasteiger partial charge in [-0.1, -0.05) is 19.3 Å². The zero-order chi connectivity index (χ0) is 13.9. The first-order chi connectivity index (χ1) is 8.95. The second-order valence-corrected chi connectivity index (χ2v) is 8.56. The van der Waals surface area contributed by atoms with Crippen LogP contribution in [0, 0.1) is 0 Å². The zero-order valence-electron chi connectivity index (χ0n) is 11.5. The predicted molar refractivity (Wildman–Crippen MR) is 78.9 cm³/mol. The Bertz CT molecular complexity index is 517. The van der Waals surface area contributed by atoms with Crippen LogP contribution in [0.3, 0.4) is 0 Å². The molecule has 0 spiro atoms. The van der Waals surface area contributed by atoms with Crippen LogP contribution in [0.5, 0.6) is 0 Å². The standard InChI is InChI=1S/C13H22N2O2S2/c1-13(8-4-3-5-9-13)15-19(16,17)12-7-6-11(18-12)10-14-2/h6-7,14-15H,3-5,8-10H2,1-2H3. The summed E-state index contributed by atoms with van der Waals surface area (Å²) in [6.45, 7) is 2.73. The van der Waals surface area contributed by atoms with Crippen LogP contribution in [-0.2, 0) is 16.6 Å². The van der Waals surface area contributed by atoms with Crippen LogP contribution in [0.25, 0.3) is 0 Å². The van der Waals surface area contributed by atoms with Crippen molar-refractivity contribution in [1.29, 1.82) is 0 Å². The van der Waals surface area contributed by atoms with E-state index in [1.54, 1.807) is 6.07 Å². The van der Waals surface area contributed by atoms with Crippen LogP contribution in [0.1, 0.15) is 43.9 Å². The molecule has 2 rings (SSSR count). The van der Waals surface area contributed by atoms with Crippen LogP contribution in [-0.4, -0.2) is 21.0 Å². The molecule has 6 heteroatoms. The first-order valence-electron chi connectivity index (χ1n) is 6.72. The molecule has 0 amide bonds. The van der Waals surface area contributed by atoms with Crippen molar-refractivity contribution < 1.29 is 8.42 Å². The highest BCUT2D eigenvalue weighted by Gasteiger charge is 2.32. The molecular formula is C13H22N2O2S2. The molecule has 1 saturated carbocycles. The van der Waals surface area contributed by atoms with Crippen molar-refractivity contribution in [2.75, 3.05) is 7.05 Å². The van der Waals surface area contributed by atoms with Gasteiger partial charge in [0.05, 0.1) is 0 Å². The molecule has 2 N–H and O–H groups in total. The third kappa shape index (κ3) is 3.78. The van der Waals surface area contributed by atoms with Gasteiger partial charge in [0.25, 0.3) is 10.0 Å². The van der Waals surface area contributed by atoms with Gasteiger partial charge in [0.15, 0.2) is 0 Å². The fourth-order valence-electron chi connectivity index (χ4n) is 2.58. The molecule has 1 fully saturated rings. The van der Waals surface area contributed by atoms with Crippen molar-refractivity contribution in [3.63, 3.8) is 0 Å². The van der Waals surface area contributed by atoms with Crippen molar-refractivity contribution in [2.45, 2.75) is 55.3 Å². The second-order valence-electron chi connectivity index (χ2n) is 5.48. The average Bonchev–Trinajstić information content (AvgIpc) is 2.78. The van der Waals surface area contributed by atoms with E-state index >= 15 is 0 Å². The molecule has 4 nitrogen and oxygen atoms in total. The molecule has 0 aliphatic heterocycles. The van der Waals surface area contributed by atoms with Crippen LogP contribution in [0.15, 0.2) is 16.3 Å². The fraction of sp³-hybridized carbons (Fsp3) is 0.692. The zero-order valence-corrected chi connectivity index (χ0v) is 13.2. The van der Waals surface area contributed by atoms with Gasteiger partial charge in [-0.3, -0.25) is 0 Å². The highest BCUT2D eigenvalue weighted by Crippen LogP contribution is 2.30. The van der Waals surface area contributed by atoms with Crippen molar-refractivity contribution in [2.24, 2.45) is 0 Å². The van der Waals surface area contributed by atoms with E-state index in [1.807, 2.05) is 20.0 Å². The number of hydrogen-bond acceptors (Lipinski definition) is 4. The minimum absolute atomic E-state index is 0.274. The van der Waals surface area contributed by atoms with Crippen molar-refractivity contribution in [3.8, 4) is 0 Å². The number of rotatable bonds is 5. The Kier molecular flexibility index (Phi) is 4.66. The lowest BCUT2D eigenvalue weighted by Gasteiger charge is -2.33. The van der Waals surface area contributed by atoms with Gasteiger partial charge >= 0.3 is 0 Å². The lowest BCUT2D eigenvalue weighted by molar-refractivity contribution is 0.294. The van der Waals surface area contributed by atoms with E-state index in [9.17, 15) is 8.42 Å². The first kappa shape index (κ1) is 15.0. The molecule has 19 heavy (non-hydrogen) atoms. The summed E-state index contributed by atoms with van der Waals surface area (Å²) in [4.78, 5) is 1.04. The van der Waals surface area contributed by atoms with Gasteiger partial charge in [0, 0.05) is 17.0 Å². The van der Waals surface area contributed by atoms with Crippen LogP contribution < -0.4 is 10.0 Å². The molecule has 0 bridgehead atoms. The molecule has 0 unspecified atom stereocenters. The number of thiophene rings is 1. The third-order valence-corrected chi connectivity index (χ3v) is 6.81. The monoisotopic (exact) mass is 302 g/mol. The highest BCUT2D eigenvalue weighted by atomic mass is 32.2. The van der Waals surface area contributed by atoms with Gasteiger partial charge in [-0.25, -0.2) is 13.1 Å². The van der Waals surface area contributed by atoms with Crippen LogP contribution in [0.2, 0.25) is 0 Å². The molecule has 1 heterocycles. The maximum atomic E-state index is 12.4. The lowest BCUT2D eigenvalue weighted by atomic mass is 9.84. The average molecular weight is 302 g/mol. The van der Waals surface area contributed by atoms with E-state index < -0.39 is 10.0 Å². The summed E-state index contributed by atoms with van der Waals surface area (Å²) in [6.07, 6.45) is 5.29. The van der Waals surface area contributed by atoms with Crippen molar-refractivity contribution >= 4 is 21.4 Å². The van der Waals surface area contributed by atoms with Gasteiger partial charge in [0.2, 0.25) is 0 Å². The molecule has 1 aliphatic carbocycles. The number of hydrogen-bond donors (Lipinski definition) is 2. The summed E-state index contributed by atoms with van der Waals surface area (Å²) in [5.74, 6) is 0. The Morgan fingerprint density at radius 1 is 1.26 bits per heavy atom. The first-order valence-corrected chi connectivity index (χ1v) is 9.02. The number of sulfonamides is 1. The summed E-state index contributed by atoms with van der Waals surface area (Å²) in [5.41, 5.74) is -0.274. The highest BCUT2D eigenvalue weighted by molar-refractivity contribution is 7.91. The maximum Gasteiger partial charge on any atom is 0.250 e. The topological polar surface area (TPSA) is 58.2 Å². The Morgan fingerprint density at radius 3 is 2.58 bits per heavy atom. The Hall–Kier alpha value is -0.430. The third-order valence-electron chi connectivity index (χ3n) is 3.59. The molecule has 1 aromatic rings. The normalized spacial score (nSPS) is 19.5. The largest absolute Gasteiger partial charge is 0.315 e. The fourth-order valence-corrected chi connectivity index (χ4v) is 5.41. The lowest BCUT2D eigenvalue weighted by Crippen LogP contribution is -2.46. The second kappa shape index (κ2) is 5.91. The molecule has 1 aromatic heterocycles. The van der Waals surface area contributed by atoms with Gasteiger partial charge in [-0.15, -0.1) is 11.3 Å². The molecule has 0 aromatic carbocycles. The Labute approximate surface area is 119 Å². The molecule has 108 valence electrons.